The molecule has 1 amide bonds. The van der Waals surface area contributed by atoms with Crippen LogP contribution in [0.25, 0.3) is 0 Å². The Kier molecular flexibility index (Phi) is 4.69. The normalized spacial score (nSPS) is 12.5. The number of nitrogens with one attached hydrogen (secondary N) is 1. The lowest BCUT2D eigenvalue weighted by Crippen LogP contribution is -2.34. The predicted octanol–water partition coefficient (Wildman–Crippen LogP) is 0.467. The average molecular weight is 239 g/mol. The van der Waals surface area contributed by atoms with E-state index in [1.807, 2.05) is 27.8 Å². The molecular formula is C12H21N3O2. The number of aliphatic hydroxyl groups is 1. The van der Waals surface area contributed by atoms with Crippen LogP contribution in [0.15, 0.2) is 0 Å². The van der Waals surface area contributed by atoms with Gasteiger partial charge in [0.15, 0.2) is 0 Å². The molecule has 1 atom stereocenters. The Balaban J connectivity index is 2.62. The quantitative estimate of drug-likeness (QED) is 0.784. The molecule has 0 fully saturated rings. The zero-order chi connectivity index (χ0) is 13.0. The molecule has 1 rings (SSSR count). The third-order valence-electron chi connectivity index (χ3n) is 2.97. The van der Waals surface area contributed by atoms with Gasteiger partial charge in [-0.15, -0.1) is 0 Å². The molecule has 0 aliphatic rings. The molecule has 96 valence electrons. The van der Waals surface area contributed by atoms with E-state index in [4.69, 9.17) is 5.11 Å². The Bertz CT molecular complexity index is 399. The molecule has 0 saturated carbocycles. The van der Waals surface area contributed by atoms with Gasteiger partial charge in [0.1, 0.15) is 0 Å². The molecule has 0 saturated heterocycles. The van der Waals surface area contributed by atoms with E-state index < -0.39 is 0 Å². The summed E-state index contributed by atoms with van der Waals surface area (Å²) in [4.78, 5) is 11.8. The van der Waals surface area contributed by atoms with Gasteiger partial charge in [0.05, 0.1) is 12.1 Å². The summed E-state index contributed by atoms with van der Waals surface area (Å²) in [5.74, 6) is -0.0230. The molecule has 1 unspecified atom stereocenters. The number of carbonyl (C=O) groups is 1. The first-order valence-corrected chi connectivity index (χ1v) is 5.85. The number of amides is 1. The highest BCUT2D eigenvalue weighted by atomic mass is 16.3. The first kappa shape index (κ1) is 13.7. The average Bonchev–Trinajstić information content (AvgIpc) is 2.45. The van der Waals surface area contributed by atoms with Gasteiger partial charge in [0.25, 0.3) is 0 Å². The Hall–Kier alpha value is -1.36. The van der Waals surface area contributed by atoms with E-state index in [0.29, 0.717) is 12.8 Å². The minimum absolute atomic E-state index is 0.00443. The van der Waals surface area contributed by atoms with Crippen molar-refractivity contribution in [1.29, 1.82) is 0 Å². The second-order valence-electron chi connectivity index (χ2n) is 4.43. The van der Waals surface area contributed by atoms with Crippen molar-refractivity contribution >= 4 is 5.91 Å². The van der Waals surface area contributed by atoms with Crippen LogP contribution in [0.4, 0.5) is 0 Å². The maximum absolute atomic E-state index is 11.8. The summed E-state index contributed by atoms with van der Waals surface area (Å²) in [5, 5.41) is 15.9. The van der Waals surface area contributed by atoms with E-state index in [9.17, 15) is 4.79 Å². The van der Waals surface area contributed by atoms with E-state index in [2.05, 4.69) is 10.4 Å². The van der Waals surface area contributed by atoms with Crippen molar-refractivity contribution < 1.29 is 9.90 Å². The summed E-state index contributed by atoms with van der Waals surface area (Å²) in [7, 11) is 1.87. The maximum atomic E-state index is 11.8. The topological polar surface area (TPSA) is 67.2 Å². The van der Waals surface area contributed by atoms with Crippen LogP contribution >= 0.6 is 0 Å². The molecule has 2 N–H and O–H groups in total. The first-order valence-electron chi connectivity index (χ1n) is 5.85. The zero-order valence-electron chi connectivity index (χ0n) is 10.9. The van der Waals surface area contributed by atoms with Crippen LogP contribution in [-0.4, -0.2) is 33.4 Å². The SMILES string of the molecule is Cc1nn(C)c(C)c1CC(=O)NC(C)CCO. The summed E-state index contributed by atoms with van der Waals surface area (Å²) >= 11 is 0. The van der Waals surface area contributed by atoms with E-state index in [1.54, 1.807) is 4.68 Å². The molecule has 5 heteroatoms. The number of aryl methyl sites for hydroxylation is 2. The number of hydrogen-bond acceptors (Lipinski definition) is 3. The van der Waals surface area contributed by atoms with Gasteiger partial charge in [-0.1, -0.05) is 0 Å². The van der Waals surface area contributed by atoms with Crippen molar-refractivity contribution in [1.82, 2.24) is 15.1 Å². The highest BCUT2D eigenvalue weighted by Crippen LogP contribution is 2.12. The molecule has 5 nitrogen and oxygen atoms in total. The van der Waals surface area contributed by atoms with E-state index >= 15 is 0 Å². The fourth-order valence-corrected chi connectivity index (χ4v) is 1.83. The van der Waals surface area contributed by atoms with Gasteiger partial charge in [0.2, 0.25) is 5.91 Å². The predicted molar refractivity (Wildman–Crippen MR) is 65.7 cm³/mol. The minimum Gasteiger partial charge on any atom is -0.396 e. The molecular weight excluding hydrogens is 218 g/mol. The van der Waals surface area contributed by atoms with Crippen molar-refractivity contribution in [3.63, 3.8) is 0 Å². The second kappa shape index (κ2) is 5.82. The summed E-state index contributed by atoms with van der Waals surface area (Å²) in [6, 6.07) is 0.00443. The van der Waals surface area contributed by atoms with E-state index in [0.717, 1.165) is 17.0 Å². The Morgan fingerprint density at radius 1 is 1.53 bits per heavy atom. The third kappa shape index (κ3) is 3.56. The fraction of sp³-hybridized carbons (Fsp3) is 0.667. The summed E-state index contributed by atoms with van der Waals surface area (Å²) in [5.41, 5.74) is 2.91. The summed E-state index contributed by atoms with van der Waals surface area (Å²) < 4.78 is 1.79. The number of hydrogen-bond donors (Lipinski definition) is 2. The standard InChI is InChI=1S/C12H21N3O2/c1-8(5-6-16)13-12(17)7-11-9(2)14-15(4)10(11)3/h8,16H,5-7H2,1-4H3,(H,13,17). The van der Waals surface area contributed by atoms with Crippen LogP contribution in [0.3, 0.4) is 0 Å². The molecule has 0 aliphatic carbocycles. The van der Waals surface area contributed by atoms with Gasteiger partial charge in [-0.2, -0.15) is 5.10 Å². The molecule has 0 aliphatic heterocycles. The van der Waals surface area contributed by atoms with Crippen LogP contribution in [0.5, 0.6) is 0 Å². The zero-order valence-corrected chi connectivity index (χ0v) is 10.9. The van der Waals surface area contributed by atoms with Gasteiger partial charge in [-0.05, 0) is 27.2 Å². The van der Waals surface area contributed by atoms with Crippen molar-refractivity contribution in [2.24, 2.45) is 7.05 Å². The molecule has 1 aromatic rings. The van der Waals surface area contributed by atoms with Gasteiger partial charge in [-0.25, -0.2) is 0 Å². The van der Waals surface area contributed by atoms with Crippen LogP contribution in [-0.2, 0) is 18.3 Å². The van der Waals surface area contributed by atoms with Gasteiger partial charge >= 0.3 is 0 Å². The Morgan fingerprint density at radius 2 is 2.18 bits per heavy atom. The molecule has 1 aromatic heterocycles. The van der Waals surface area contributed by atoms with Crippen molar-refractivity contribution in [2.75, 3.05) is 6.61 Å². The molecule has 0 aromatic carbocycles. The van der Waals surface area contributed by atoms with Crippen molar-refractivity contribution in [3.05, 3.63) is 17.0 Å². The number of aromatic nitrogens is 2. The lowest BCUT2D eigenvalue weighted by atomic mass is 10.1. The van der Waals surface area contributed by atoms with E-state index in [1.165, 1.54) is 0 Å². The highest BCUT2D eigenvalue weighted by molar-refractivity contribution is 5.79. The second-order valence-corrected chi connectivity index (χ2v) is 4.43. The van der Waals surface area contributed by atoms with E-state index in [-0.39, 0.29) is 18.6 Å². The monoisotopic (exact) mass is 239 g/mol. The van der Waals surface area contributed by atoms with Gasteiger partial charge in [0, 0.05) is 31.0 Å². The van der Waals surface area contributed by atoms with Crippen molar-refractivity contribution in [2.45, 2.75) is 39.7 Å². The number of nitrogens with zero attached hydrogens (tertiary/aromatic N) is 2. The molecule has 0 bridgehead atoms. The maximum Gasteiger partial charge on any atom is 0.224 e. The summed E-state index contributed by atoms with van der Waals surface area (Å²) in [6.07, 6.45) is 0.929. The van der Waals surface area contributed by atoms with Crippen LogP contribution in [0.1, 0.15) is 30.3 Å². The highest BCUT2D eigenvalue weighted by Gasteiger charge is 2.14. The fourth-order valence-electron chi connectivity index (χ4n) is 1.83. The number of carbonyl (C=O) groups excluding carboxylic acids is 1. The summed E-state index contributed by atoms with van der Waals surface area (Å²) in [6.45, 7) is 5.84. The van der Waals surface area contributed by atoms with Crippen LogP contribution < -0.4 is 5.32 Å². The van der Waals surface area contributed by atoms with Crippen molar-refractivity contribution in [3.8, 4) is 0 Å². The minimum atomic E-state index is -0.0230. The molecule has 0 spiro atoms. The molecule has 1 heterocycles. The lowest BCUT2D eigenvalue weighted by Gasteiger charge is -2.12. The first-order chi connectivity index (χ1) is 7.95. The number of aliphatic hydroxyl groups excluding tert-OH is 1. The Morgan fingerprint density at radius 3 is 2.65 bits per heavy atom. The molecule has 0 radical (unpaired) electrons. The van der Waals surface area contributed by atoms with Crippen LogP contribution in [0.2, 0.25) is 0 Å². The van der Waals surface area contributed by atoms with Gasteiger partial charge in [-0.3, -0.25) is 9.48 Å². The third-order valence-corrected chi connectivity index (χ3v) is 2.97. The smallest absolute Gasteiger partial charge is 0.224 e. The largest absolute Gasteiger partial charge is 0.396 e. The number of rotatable bonds is 5. The van der Waals surface area contributed by atoms with Crippen LogP contribution in [0, 0.1) is 13.8 Å². The lowest BCUT2D eigenvalue weighted by molar-refractivity contribution is -0.121. The Labute approximate surface area is 102 Å². The molecule has 17 heavy (non-hydrogen) atoms. The van der Waals surface area contributed by atoms with Gasteiger partial charge < -0.3 is 10.4 Å².